The molecule has 4 rings (SSSR count). The molecule has 2 aliphatic rings. The number of carbonyl (C=O) groups excluding carboxylic acids is 1. The van der Waals surface area contributed by atoms with E-state index in [0.29, 0.717) is 17.6 Å². The number of likely N-dealkylation sites (tertiary alicyclic amines) is 1. The summed E-state index contributed by atoms with van der Waals surface area (Å²) in [5.41, 5.74) is 1.98. The quantitative estimate of drug-likeness (QED) is 0.572. The van der Waals surface area contributed by atoms with Gasteiger partial charge in [-0.25, -0.2) is 0 Å². The number of piperidine rings is 1. The van der Waals surface area contributed by atoms with Crippen LogP contribution in [0.15, 0.2) is 67.3 Å². The van der Waals surface area contributed by atoms with Crippen molar-refractivity contribution in [1.82, 2.24) is 9.80 Å². The molecule has 0 radical (unpaired) electrons. The third-order valence-corrected chi connectivity index (χ3v) is 7.68. The molecule has 4 heteroatoms. The van der Waals surface area contributed by atoms with Crippen molar-refractivity contribution < 1.29 is 9.90 Å². The fourth-order valence-corrected chi connectivity index (χ4v) is 6.16. The van der Waals surface area contributed by atoms with Crippen molar-refractivity contribution >= 4 is 5.91 Å². The summed E-state index contributed by atoms with van der Waals surface area (Å²) in [4.78, 5) is 18.3. The van der Waals surface area contributed by atoms with Crippen molar-refractivity contribution in [2.75, 3.05) is 26.2 Å². The first-order valence-electron chi connectivity index (χ1n) is 12.4. The van der Waals surface area contributed by atoms with Crippen LogP contribution in [0.25, 0.3) is 0 Å². The number of carbonyl (C=O) groups is 1. The van der Waals surface area contributed by atoms with Gasteiger partial charge in [0.1, 0.15) is 5.75 Å². The van der Waals surface area contributed by atoms with E-state index in [-0.39, 0.29) is 17.4 Å². The first-order valence-corrected chi connectivity index (χ1v) is 12.4. The minimum atomic E-state index is -0.0223. The summed E-state index contributed by atoms with van der Waals surface area (Å²) in [7, 11) is 0. The molecule has 1 saturated carbocycles. The van der Waals surface area contributed by atoms with Crippen molar-refractivity contribution in [2.45, 2.75) is 51.0 Å². The van der Waals surface area contributed by atoms with Gasteiger partial charge in [-0.3, -0.25) is 9.69 Å². The van der Waals surface area contributed by atoms with E-state index >= 15 is 0 Å². The topological polar surface area (TPSA) is 43.8 Å². The molecule has 2 aromatic carbocycles. The highest BCUT2D eigenvalue weighted by atomic mass is 16.3. The molecule has 1 amide bonds. The smallest absolute Gasteiger partial charge is 0.254 e. The molecule has 1 aliphatic heterocycles. The molecule has 33 heavy (non-hydrogen) atoms. The molecule has 3 atom stereocenters. The van der Waals surface area contributed by atoms with Crippen molar-refractivity contribution in [3.05, 3.63) is 78.4 Å². The molecule has 2 fully saturated rings. The maximum Gasteiger partial charge on any atom is 0.254 e. The first kappa shape index (κ1) is 23.6. The van der Waals surface area contributed by atoms with E-state index < -0.39 is 0 Å². The Kier molecular flexibility index (Phi) is 7.23. The van der Waals surface area contributed by atoms with Crippen molar-refractivity contribution in [1.29, 1.82) is 0 Å². The number of fused-ring (bicyclic) bond motifs is 1. The van der Waals surface area contributed by atoms with Gasteiger partial charge in [0.25, 0.3) is 5.91 Å². The minimum Gasteiger partial charge on any atom is -0.508 e. The molecular formula is C29H38N2O2. The van der Waals surface area contributed by atoms with Gasteiger partial charge < -0.3 is 10.0 Å². The van der Waals surface area contributed by atoms with E-state index in [4.69, 9.17) is 0 Å². The molecule has 4 nitrogen and oxygen atoms in total. The van der Waals surface area contributed by atoms with E-state index in [2.05, 4.69) is 36.3 Å². The van der Waals surface area contributed by atoms with Crippen molar-refractivity contribution in [3.63, 3.8) is 0 Å². The van der Waals surface area contributed by atoms with Crippen LogP contribution < -0.4 is 0 Å². The van der Waals surface area contributed by atoms with Gasteiger partial charge in [-0.1, -0.05) is 50.3 Å². The average Bonchev–Trinajstić information content (AvgIpc) is 2.82. The summed E-state index contributed by atoms with van der Waals surface area (Å²) in [6.45, 7) is 12.1. The number of benzene rings is 2. The lowest BCUT2D eigenvalue weighted by molar-refractivity contribution is 0.0138. The molecule has 0 unspecified atom stereocenters. The second-order valence-electron chi connectivity index (χ2n) is 10.4. The number of amides is 1. The van der Waals surface area contributed by atoms with Crippen molar-refractivity contribution in [3.8, 4) is 5.75 Å². The van der Waals surface area contributed by atoms with Gasteiger partial charge >= 0.3 is 0 Å². The number of rotatable bonds is 7. The second-order valence-corrected chi connectivity index (χ2v) is 10.4. The van der Waals surface area contributed by atoms with E-state index in [1.165, 1.54) is 5.56 Å². The Morgan fingerprint density at radius 3 is 2.70 bits per heavy atom. The van der Waals surface area contributed by atoms with Crippen LogP contribution in [0.5, 0.6) is 5.75 Å². The maximum atomic E-state index is 13.6. The Morgan fingerprint density at radius 1 is 1.21 bits per heavy atom. The second kappa shape index (κ2) is 10.1. The van der Waals surface area contributed by atoms with Crippen LogP contribution in [0.2, 0.25) is 0 Å². The molecule has 0 spiro atoms. The third kappa shape index (κ3) is 5.01. The highest BCUT2D eigenvalue weighted by Crippen LogP contribution is 2.50. The molecule has 0 aromatic heterocycles. The van der Waals surface area contributed by atoms with Crippen LogP contribution in [0.3, 0.4) is 0 Å². The van der Waals surface area contributed by atoms with Gasteiger partial charge in [0.2, 0.25) is 0 Å². The average molecular weight is 447 g/mol. The zero-order chi connectivity index (χ0) is 23.4. The number of phenols is 1. The highest BCUT2D eigenvalue weighted by molar-refractivity contribution is 5.94. The summed E-state index contributed by atoms with van der Waals surface area (Å²) in [5.74, 6) is 1.39. The Bertz CT molecular complexity index is 957. The number of hydrogen-bond donors (Lipinski definition) is 1. The lowest BCUT2D eigenvalue weighted by Crippen LogP contribution is -2.57. The molecule has 1 saturated heterocycles. The molecule has 2 aromatic rings. The Morgan fingerprint density at radius 2 is 2.00 bits per heavy atom. The summed E-state index contributed by atoms with van der Waals surface area (Å²) >= 11 is 0. The van der Waals surface area contributed by atoms with E-state index in [1.54, 1.807) is 6.07 Å². The SMILES string of the molecule is C=CCN1CC[C@@]2(c3cccc(O)c3)C[C@H](N(CC(C)C)C(=O)c3ccccc3)CC[C@@H]2C1. The lowest BCUT2D eigenvalue weighted by atomic mass is 9.57. The monoisotopic (exact) mass is 446 g/mol. The zero-order valence-corrected chi connectivity index (χ0v) is 20.1. The molecular weight excluding hydrogens is 408 g/mol. The van der Waals surface area contributed by atoms with Crippen LogP contribution in [0, 0.1) is 11.8 Å². The number of aromatic hydroxyl groups is 1. The first-order chi connectivity index (χ1) is 15.9. The third-order valence-electron chi connectivity index (χ3n) is 7.68. The number of nitrogens with zero attached hydrogens (tertiary/aromatic N) is 2. The highest BCUT2D eigenvalue weighted by Gasteiger charge is 2.49. The largest absolute Gasteiger partial charge is 0.508 e. The van der Waals surface area contributed by atoms with Gasteiger partial charge in [-0.2, -0.15) is 0 Å². The van der Waals surface area contributed by atoms with Crippen LogP contribution >= 0.6 is 0 Å². The Labute approximate surface area is 198 Å². The van der Waals surface area contributed by atoms with Gasteiger partial charge in [-0.05, 0) is 73.9 Å². The van der Waals surface area contributed by atoms with Gasteiger partial charge in [0.05, 0.1) is 0 Å². The van der Waals surface area contributed by atoms with E-state index in [9.17, 15) is 9.90 Å². The maximum absolute atomic E-state index is 13.6. The predicted molar refractivity (Wildman–Crippen MR) is 134 cm³/mol. The lowest BCUT2D eigenvalue weighted by Gasteiger charge is -2.54. The Balaban J connectivity index is 1.68. The predicted octanol–water partition coefficient (Wildman–Crippen LogP) is 5.49. The van der Waals surface area contributed by atoms with Gasteiger partial charge in [0, 0.05) is 36.7 Å². The fourth-order valence-electron chi connectivity index (χ4n) is 6.16. The van der Waals surface area contributed by atoms with Crippen LogP contribution in [-0.4, -0.2) is 53.0 Å². The zero-order valence-electron chi connectivity index (χ0n) is 20.1. The van der Waals surface area contributed by atoms with E-state index in [1.807, 2.05) is 48.5 Å². The van der Waals surface area contributed by atoms with E-state index in [0.717, 1.165) is 57.4 Å². The van der Waals surface area contributed by atoms with Crippen LogP contribution in [-0.2, 0) is 5.41 Å². The summed E-state index contributed by atoms with van der Waals surface area (Å²) in [5, 5.41) is 10.3. The van der Waals surface area contributed by atoms with Gasteiger partial charge in [0.15, 0.2) is 0 Å². The molecule has 176 valence electrons. The number of hydrogen-bond acceptors (Lipinski definition) is 3. The van der Waals surface area contributed by atoms with Crippen LogP contribution in [0.4, 0.5) is 0 Å². The number of phenolic OH excluding ortho intramolecular Hbond substituents is 1. The van der Waals surface area contributed by atoms with Gasteiger partial charge in [-0.15, -0.1) is 6.58 Å². The van der Waals surface area contributed by atoms with Crippen molar-refractivity contribution in [2.24, 2.45) is 11.8 Å². The molecule has 1 heterocycles. The Hall–Kier alpha value is -2.59. The summed E-state index contributed by atoms with van der Waals surface area (Å²) in [6, 6.07) is 17.8. The summed E-state index contributed by atoms with van der Waals surface area (Å²) in [6.07, 6.45) is 6.10. The summed E-state index contributed by atoms with van der Waals surface area (Å²) < 4.78 is 0. The minimum absolute atomic E-state index is 0.0223. The molecule has 0 bridgehead atoms. The van der Waals surface area contributed by atoms with Crippen LogP contribution in [0.1, 0.15) is 55.5 Å². The molecule has 1 N–H and O–H groups in total. The molecule has 1 aliphatic carbocycles. The fraction of sp³-hybridized carbons (Fsp3) is 0.483. The standard InChI is InChI=1S/C29H38N2O2/c1-4-16-30-17-15-29(24-11-8-12-27(32)18-24)19-26(14-13-25(29)21-30)31(20-22(2)3)28(33)23-9-6-5-7-10-23/h4-12,18,22,25-26,32H,1,13-17,19-21H2,2-3H3/t25-,26-,29+/m1/s1. The normalized spacial score (nSPS) is 25.4.